The van der Waals surface area contributed by atoms with Gasteiger partial charge >= 0.3 is 0 Å². The Kier molecular flexibility index (Phi) is 7.67. The highest BCUT2D eigenvalue weighted by atomic mass is 16.5. The van der Waals surface area contributed by atoms with Crippen LogP contribution in [0.1, 0.15) is 66.2 Å². The average Bonchev–Trinajstić information content (AvgIpc) is 2.17. The summed E-state index contributed by atoms with van der Waals surface area (Å²) in [6, 6.07) is 0. The van der Waals surface area contributed by atoms with Gasteiger partial charge in [-0.15, -0.1) is 0 Å². The number of hydrogen-bond donors (Lipinski definition) is 0. The zero-order valence-electron chi connectivity index (χ0n) is 10.8. The second-order valence-corrected chi connectivity index (χ2v) is 4.53. The van der Waals surface area contributed by atoms with Crippen molar-refractivity contribution in [2.24, 2.45) is 0 Å². The van der Waals surface area contributed by atoms with E-state index < -0.39 is 5.60 Å². The first kappa shape index (κ1) is 14.6. The smallest absolute Gasteiger partial charge is 0.164 e. The summed E-state index contributed by atoms with van der Waals surface area (Å²) < 4.78 is 5.42. The molecule has 0 rings (SSSR count). The van der Waals surface area contributed by atoms with Crippen LogP contribution in [0.4, 0.5) is 0 Å². The normalized spacial score (nSPS) is 11.7. The molecule has 0 atom stereocenters. The first-order valence-electron chi connectivity index (χ1n) is 6.21. The van der Waals surface area contributed by atoms with Gasteiger partial charge in [-0.1, -0.05) is 32.6 Å². The minimum atomic E-state index is -0.584. The molecular formula is C13H26O2. The van der Waals surface area contributed by atoms with Crippen molar-refractivity contribution < 1.29 is 9.53 Å². The summed E-state index contributed by atoms with van der Waals surface area (Å²) in [6.45, 7) is 8.46. The van der Waals surface area contributed by atoms with Crippen LogP contribution in [0, 0.1) is 0 Å². The molecule has 0 heterocycles. The Morgan fingerprint density at radius 1 is 1.07 bits per heavy atom. The van der Waals surface area contributed by atoms with E-state index in [1.165, 1.54) is 25.7 Å². The third kappa shape index (κ3) is 6.67. The summed E-state index contributed by atoms with van der Waals surface area (Å²) in [6.07, 6.45) is 6.62. The van der Waals surface area contributed by atoms with Crippen LogP contribution >= 0.6 is 0 Å². The Bertz CT molecular complexity index is 173. The molecule has 0 saturated heterocycles. The van der Waals surface area contributed by atoms with Gasteiger partial charge in [-0.25, -0.2) is 0 Å². The molecule has 0 saturated carbocycles. The number of rotatable bonds is 9. The van der Waals surface area contributed by atoms with Gasteiger partial charge in [-0.05, 0) is 27.2 Å². The topological polar surface area (TPSA) is 26.3 Å². The standard InChI is InChI=1S/C13H26O2/c1-5-7-8-9-10-11-12(14)13(3,4)15-6-2/h5-11H2,1-4H3. The van der Waals surface area contributed by atoms with Crippen LogP contribution in [0.5, 0.6) is 0 Å². The highest BCUT2D eigenvalue weighted by Gasteiger charge is 2.26. The van der Waals surface area contributed by atoms with E-state index in [2.05, 4.69) is 6.92 Å². The van der Waals surface area contributed by atoms with Crippen LogP contribution in [0.15, 0.2) is 0 Å². The molecule has 2 nitrogen and oxygen atoms in total. The predicted octanol–water partition coefficient (Wildman–Crippen LogP) is 3.73. The number of carbonyl (C=O) groups is 1. The molecule has 0 aliphatic rings. The monoisotopic (exact) mass is 214 g/mol. The third-order valence-corrected chi connectivity index (χ3v) is 2.68. The Morgan fingerprint density at radius 3 is 2.20 bits per heavy atom. The first-order valence-corrected chi connectivity index (χ1v) is 6.21. The van der Waals surface area contributed by atoms with Crippen molar-refractivity contribution in [3.8, 4) is 0 Å². The maximum Gasteiger partial charge on any atom is 0.164 e. The summed E-state index contributed by atoms with van der Waals surface area (Å²) in [5.74, 6) is 0.237. The van der Waals surface area contributed by atoms with Crippen molar-refractivity contribution in [1.29, 1.82) is 0 Å². The van der Waals surface area contributed by atoms with Crippen molar-refractivity contribution in [2.75, 3.05) is 6.61 Å². The van der Waals surface area contributed by atoms with Gasteiger partial charge in [-0.3, -0.25) is 4.79 Å². The lowest BCUT2D eigenvalue weighted by atomic mass is 9.97. The minimum Gasteiger partial charge on any atom is -0.368 e. The van der Waals surface area contributed by atoms with E-state index in [4.69, 9.17) is 4.74 Å². The van der Waals surface area contributed by atoms with Gasteiger partial charge in [0.1, 0.15) is 5.60 Å². The second kappa shape index (κ2) is 7.86. The fourth-order valence-electron chi connectivity index (χ4n) is 1.63. The molecule has 0 aromatic heterocycles. The number of hydrogen-bond acceptors (Lipinski definition) is 2. The Morgan fingerprint density at radius 2 is 1.67 bits per heavy atom. The van der Waals surface area contributed by atoms with Gasteiger partial charge in [-0.2, -0.15) is 0 Å². The highest BCUT2D eigenvalue weighted by molar-refractivity contribution is 5.86. The fraction of sp³-hybridized carbons (Fsp3) is 0.923. The summed E-state index contributed by atoms with van der Waals surface area (Å²) in [5, 5.41) is 0. The molecule has 0 aliphatic carbocycles. The third-order valence-electron chi connectivity index (χ3n) is 2.68. The highest BCUT2D eigenvalue weighted by Crippen LogP contribution is 2.15. The van der Waals surface area contributed by atoms with Crippen LogP contribution in [0.2, 0.25) is 0 Å². The van der Waals surface area contributed by atoms with Gasteiger partial charge in [0.2, 0.25) is 0 Å². The first-order chi connectivity index (χ1) is 7.04. The maximum atomic E-state index is 11.8. The predicted molar refractivity (Wildman–Crippen MR) is 64.1 cm³/mol. The molecule has 0 spiro atoms. The molecule has 0 amide bonds. The lowest BCUT2D eigenvalue weighted by Crippen LogP contribution is -2.34. The number of Topliss-reactive ketones (excluding diaryl/α,β-unsaturated/α-hetero) is 1. The Labute approximate surface area is 94.4 Å². The average molecular weight is 214 g/mol. The van der Waals surface area contributed by atoms with E-state index in [1.54, 1.807) is 0 Å². The van der Waals surface area contributed by atoms with Crippen LogP contribution in [-0.2, 0) is 9.53 Å². The van der Waals surface area contributed by atoms with Gasteiger partial charge < -0.3 is 4.74 Å². The number of ketones is 1. The zero-order chi connectivity index (χ0) is 11.7. The lowest BCUT2D eigenvalue weighted by molar-refractivity contribution is -0.139. The molecule has 0 unspecified atom stereocenters. The van der Waals surface area contributed by atoms with Gasteiger partial charge in [0, 0.05) is 13.0 Å². The van der Waals surface area contributed by atoms with Gasteiger partial charge in [0.25, 0.3) is 0 Å². The van der Waals surface area contributed by atoms with E-state index >= 15 is 0 Å². The van der Waals surface area contributed by atoms with Crippen LogP contribution < -0.4 is 0 Å². The number of carbonyl (C=O) groups excluding carboxylic acids is 1. The molecule has 0 aromatic rings. The summed E-state index contributed by atoms with van der Waals surface area (Å²) in [5.41, 5.74) is -0.584. The summed E-state index contributed by atoms with van der Waals surface area (Å²) in [4.78, 5) is 11.8. The summed E-state index contributed by atoms with van der Waals surface area (Å²) in [7, 11) is 0. The summed E-state index contributed by atoms with van der Waals surface area (Å²) >= 11 is 0. The quantitative estimate of drug-likeness (QED) is 0.547. The lowest BCUT2D eigenvalue weighted by Gasteiger charge is -2.22. The molecule has 0 N–H and O–H groups in total. The van der Waals surface area contributed by atoms with Crippen molar-refractivity contribution in [3.05, 3.63) is 0 Å². The molecule has 0 fully saturated rings. The molecule has 90 valence electrons. The molecule has 15 heavy (non-hydrogen) atoms. The van der Waals surface area contributed by atoms with Crippen molar-refractivity contribution in [3.63, 3.8) is 0 Å². The van der Waals surface area contributed by atoms with E-state index in [9.17, 15) is 4.79 Å². The fourth-order valence-corrected chi connectivity index (χ4v) is 1.63. The molecule has 0 bridgehead atoms. The molecular weight excluding hydrogens is 188 g/mol. The largest absolute Gasteiger partial charge is 0.368 e. The van der Waals surface area contributed by atoms with E-state index in [-0.39, 0.29) is 5.78 Å². The minimum absolute atomic E-state index is 0.237. The van der Waals surface area contributed by atoms with Gasteiger partial charge in [0.15, 0.2) is 5.78 Å². The van der Waals surface area contributed by atoms with Crippen molar-refractivity contribution >= 4 is 5.78 Å². The second-order valence-electron chi connectivity index (χ2n) is 4.53. The molecule has 0 aliphatic heterocycles. The number of ether oxygens (including phenoxy) is 1. The van der Waals surface area contributed by atoms with Crippen LogP contribution in [0.3, 0.4) is 0 Å². The van der Waals surface area contributed by atoms with Crippen molar-refractivity contribution in [1.82, 2.24) is 0 Å². The van der Waals surface area contributed by atoms with Gasteiger partial charge in [0.05, 0.1) is 0 Å². The van der Waals surface area contributed by atoms with E-state index in [1.807, 2.05) is 20.8 Å². The Balaban J connectivity index is 3.64. The number of unbranched alkanes of at least 4 members (excludes halogenated alkanes) is 4. The van der Waals surface area contributed by atoms with Crippen LogP contribution in [0.25, 0.3) is 0 Å². The van der Waals surface area contributed by atoms with Crippen molar-refractivity contribution in [2.45, 2.75) is 71.8 Å². The zero-order valence-corrected chi connectivity index (χ0v) is 10.8. The Hall–Kier alpha value is -0.370. The molecule has 0 radical (unpaired) electrons. The van der Waals surface area contributed by atoms with E-state index in [0.29, 0.717) is 13.0 Å². The van der Waals surface area contributed by atoms with E-state index in [0.717, 1.165) is 6.42 Å². The molecule has 2 heteroatoms. The van der Waals surface area contributed by atoms with Crippen LogP contribution in [-0.4, -0.2) is 18.0 Å². The maximum absolute atomic E-state index is 11.8. The SMILES string of the molecule is CCCCCCCC(=O)C(C)(C)OCC. The molecule has 0 aromatic carbocycles.